The van der Waals surface area contributed by atoms with Crippen LogP contribution in [0.25, 0.3) is 11.0 Å². The summed E-state index contributed by atoms with van der Waals surface area (Å²) in [5.41, 5.74) is 7.37. The molecular formula is C24H25N3O2S. The van der Waals surface area contributed by atoms with Crippen molar-refractivity contribution in [3.05, 3.63) is 88.7 Å². The minimum absolute atomic E-state index is 0.237. The number of aromatic nitrogens is 2. The summed E-state index contributed by atoms with van der Waals surface area (Å²) in [7, 11) is -3.71. The molecular weight excluding hydrogens is 394 g/mol. The van der Waals surface area contributed by atoms with Crippen LogP contribution < -0.4 is 4.72 Å². The Bertz CT molecular complexity index is 1320. The maximum absolute atomic E-state index is 13.0. The summed E-state index contributed by atoms with van der Waals surface area (Å²) < 4.78 is 30.8. The van der Waals surface area contributed by atoms with E-state index in [1.807, 2.05) is 20.8 Å². The highest BCUT2D eigenvalue weighted by Gasteiger charge is 2.20. The van der Waals surface area contributed by atoms with Crippen molar-refractivity contribution in [2.75, 3.05) is 4.72 Å². The van der Waals surface area contributed by atoms with Gasteiger partial charge in [-0.2, -0.15) is 0 Å². The minimum atomic E-state index is -3.71. The molecule has 0 unspecified atom stereocenters. The minimum Gasteiger partial charge on any atom is -0.326 e. The van der Waals surface area contributed by atoms with Gasteiger partial charge in [-0.25, -0.2) is 13.4 Å². The van der Waals surface area contributed by atoms with E-state index in [2.05, 4.69) is 51.5 Å². The molecule has 0 aliphatic heterocycles. The van der Waals surface area contributed by atoms with Crippen LogP contribution in [0.4, 0.5) is 5.69 Å². The third kappa shape index (κ3) is 3.83. The zero-order chi connectivity index (χ0) is 21.5. The molecule has 0 saturated carbocycles. The number of imidazole rings is 1. The van der Waals surface area contributed by atoms with E-state index in [9.17, 15) is 8.42 Å². The normalized spacial score (nSPS) is 11.7. The van der Waals surface area contributed by atoms with Gasteiger partial charge < -0.3 is 4.57 Å². The van der Waals surface area contributed by atoms with E-state index in [1.54, 1.807) is 30.6 Å². The Hall–Kier alpha value is -3.12. The van der Waals surface area contributed by atoms with Gasteiger partial charge in [-0.15, -0.1) is 0 Å². The SMILES string of the molecule is Cc1ccc(Cn2cnc3c(NS(=O)(=O)c4ccc(C)cc4)c(C)c(C)cc32)cc1. The monoisotopic (exact) mass is 419 g/mol. The van der Waals surface area contributed by atoms with Gasteiger partial charge in [0.15, 0.2) is 0 Å². The lowest BCUT2D eigenvalue weighted by molar-refractivity contribution is 0.601. The highest BCUT2D eigenvalue weighted by Crippen LogP contribution is 2.31. The second-order valence-electron chi connectivity index (χ2n) is 7.84. The van der Waals surface area contributed by atoms with E-state index in [1.165, 1.54) is 11.1 Å². The lowest BCUT2D eigenvalue weighted by atomic mass is 10.1. The molecule has 1 heterocycles. The van der Waals surface area contributed by atoms with Gasteiger partial charge in [-0.1, -0.05) is 47.5 Å². The van der Waals surface area contributed by atoms with Crippen molar-refractivity contribution in [3.63, 3.8) is 0 Å². The number of anilines is 1. The Balaban J connectivity index is 1.76. The Morgan fingerprint density at radius 2 is 1.50 bits per heavy atom. The van der Waals surface area contributed by atoms with Crippen LogP contribution in [0.3, 0.4) is 0 Å². The standard InChI is InChI=1S/C24H25N3O2S/c1-16-5-9-20(10-6-16)14-27-15-25-24-22(27)13-18(3)19(4)23(24)26-30(28,29)21-11-7-17(2)8-12-21/h5-13,15,26H,14H2,1-4H3. The summed E-state index contributed by atoms with van der Waals surface area (Å²) in [5, 5.41) is 0. The van der Waals surface area contributed by atoms with Crippen molar-refractivity contribution >= 4 is 26.7 Å². The lowest BCUT2D eigenvalue weighted by Crippen LogP contribution is -2.14. The van der Waals surface area contributed by atoms with Gasteiger partial charge in [-0.05, 0) is 62.6 Å². The largest absolute Gasteiger partial charge is 0.326 e. The van der Waals surface area contributed by atoms with Crippen LogP contribution >= 0.6 is 0 Å². The summed E-state index contributed by atoms with van der Waals surface area (Å²) in [6.07, 6.45) is 1.77. The van der Waals surface area contributed by atoms with Crippen LogP contribution in [0.15, 0.2) is 65.8 Å². The van der Waals surface area contributed by atoms with Crippen molar-refractivity contribution in [2.24, 2.45) is 0 Å². The first kappa shape index (κ1) is 20.2. The Morgan fingerprint density at radius 1 is 0.900 bits per heavy atom. The molecule has 3 aromatic carbocycles. The van der Waals surface area contributed by atoms with Crippen LogP contribution in [0.1, 0.15) is 27.8 Å². The highest BCUT2D eigenvalue weighted by molar-refractivity contribution is 7.92. The lowest BCUT2D eigenvalue weighted by Gasteiger charge is -2.14. The fourth-order valence-corrected chi connectivity index (χ4v) is 4.61. The summed E-state index contributed by atoms with van der Waals surface area (Å²) in [5.74, 6) is 0. The number of sulfonamides is 1. The zero-order valence-electron chi connectivity index (χ0n) is 17.6. The fourth-order valence-electron chi connectivity index (χ4n) is 3.48. The molecule has 0 atom stereocenters. The second kappa shape index (κ2) is 7.61. The van der Waals surface area contributed by atoms with Crippen LogP contribution in [-0.2, 0) is 16.6 Å². The van der Waals surface area contributed by atoms with E-state index < -0.39 is 10.0 Å². The number of hydrogen-bond donors (Lipinski definition) is 1. The Kier molecular flexibility index (Phi) is 5.12. The van der Waals surface area contributed by atoms with Crippen molar-refractivity contribution in [3.8, 4) is 0 Å². The first-order chi connectivity index (χ1) is 14.2. The molecule has 0 aliphatic rings. The average molecular weight is 420 g/mol. The van der Waals surface area contributed by atoms with E-state index >= 15 is 0 Å². The molecule has 4 rings (SSSR count). The Labute approximate surface area is 177 Å². The van der Waals surface area contributed by atoms with Crippen molar-refractivity contribution in [1.82, 2.24) is 9.55 Å². The number of benzene rings is 3. The van der Waals surface area contributed by atoms with Crippen LogP contribution in [-0.4, -0.2) is 18.0 Å². The van der Waals surface area contributed by atoms with Crippen molar-refractivity contribution in [1.29, 1.82) is 0 Å². The van der Waals surface area contributed by atoms with Crippen LogP contribution in [0.2, 0.25) is 0 Å². The maximum Gasteiger partial charge on any atom is 0.261 e. The zero-order valence-corrected chi connectivity index (χ0v) is 18.4. The number of fused-ring (bicyclic) bond motifs is 1. The van der Waals surface area contributed by atoms with Gasteiger partial charge >= 0.3 is 0 Å². The van der Waals surface area contributed by atoms with E-state index in [0.717, 1.165) is 22.2 Å². The van der Waals surface area contributed by atoms with E-state index in [4.69, 9.17) is 0 Å². The van der Waals surface area contributed by atoms with Gasteiger partial charge in [-0.3, -0.25) is 4.72 Å². The van der Waals surface area contributed by atoms with Crippen LogP contribution in [0, 0.1) is 27.7 Å². The van der Waals surface area contributed by atoms with E-state index in [-0.39, 0.29) is 4.90 Å². The van der Waals surface area contributed by atoms with Gasteiger partial charge in [0.25, 0.3) is 10.0 Å². The van der Waals surface area contributed by atoms with Crippen molar-refractivity contribution in [2.45, 2.75) is 39.1 Å². The second-order valence-corrected chi connectivity index (χ2v) is 9.52. The predicted octanol–water partition coefficient (Wildman–Crippen LogP) is 5.12. The van der Waals surface area contributed by atoms with Gasteiger partial charge in [0.05, 0.1) is 22.4 Å². The van der Waals surface area contributed by atoms with Gasteiger partial charge in [0.2, 0.25) is 0 Å². The topological polar surface area (TPSA) is 64.0 Å². The molecule has 0 saturated heterocycles. The third-order valence-electron chi connectivity index (χ3n) is 5.48. The Morgan fingerprint density at radius 3 is 2.13 bits per heavy atom. The molecule has 0 bridgehead atoms. The molecule has 154 valence electrons. The molecule has 1 aromatic heterocycles. The number of aryl methyl sites for hydroxylation is 3. The maximum atomic E-state index is 13.0. The first-order valence-corrected chi connectivity index (χ1v) is 11.3. The van der Waals surface area contributed by atoms with Gasteiger partial charge in [0.1, 0.15) is 5.52 Å². The van der Waals surface area contributed by atoms with Crippen LogP contribution in [0.5, 0.6) is 0 Å². The smallest absolute Gasteiger partial charge is 0.261 e. The summed E-state index contributed by atoms with van der Waals surface area (Å²) >= 11 is 0. The highest BCUT2D eigenvalue weighted by atomic mass is 32.2. The summed E-state index contributed by atoms with van der Waals surface area (Å²) in [4.78, 5) is 4.80. The van der Waals surface area contributed by atoms with E-state index in [0.29, 0.717) is 17.7 Å². The molecule has 0 fully saturated rings. The molecule has 0 spiro atoms. The molecule has 4 aromatic rings. The summed E-state index contributed by atoms with van der Waals surface area (Å²) in [6.45, 7) is 8.57. The quantitative estimate of drug-likeness (QED) is 0.488. The molecule has 0 aliphatic carbocycles. The average Bonchev–Trinajstić information content (AvgIpc) is 3.09. The van der Waals surface area contributed by atoms with Gasteiger partial charge in [0, 0.05) is 6.54 Å². The molecule has 1 N–H and O–H groups in total. The molecule has 5 nitrogen and oxygen atoms in total. The fraction of sp³-hybridized carbons (Fsp3) is 0.208. The number of hydrogen-bond acceptors (Lipinski definition) is 3. The predicted molar refractivity (Wildman–Crippen MR) is 121 cm³/mol. The number of nitrogens with zero attached hydrogens (tertiary/aromatic N) is 2. The molecule has 6 heteroatoms. The molecule has 0 radical (unpaired) electrons. The van der Waals surface area contributed by atoms with Crippen molar-refractivity contribution < 1.29 is 8.42 Å². The summed E-state index contributed by atoms with van der Waals surface area (Å²) in [6, 6.07) is 17.3. The number of nitrogens with one attached hydrogen (secondary N) is 1. The first-order valence-electron chi connectivity index (χ1n) is 9.85. The third-order valence-corrected chi connectivity index (χ3v) is 6.84. The molecule has 0 amide bonds. The number of rotatable bonds is 5. The molecule has 30 heavy (non-hydrogen) atoms.